The van der Waals surface area contributed by atoms with E-state index in [1.807, 2.05) is 0 Å². The first-order valence-electron chi connectivity index (χ1n) is 8.34. The third-order valence-corrected chi connectivity index (χ3v) is 6.30. The predicted octanol–water partition coefficient (Wildman–Crippen LogP) is 3.77. The molecule has 0 atom stereocenters. The van der Waals surface area contributed by atoms with Gasteiger partial charge in [0.25, 0.3) is 15.9 Å². The fourth-order valence-corrected chi connectivity index (χ4v) is 4.77. The highest BCUT2D eigenvalue weighted by Crippen LogP contribution is 2.33. The topological polar surface area (TPSA) is 66.5 Å². The third kappa shape index (κ3) is 4.41. The van der Waals surface area contributed by atoms with Crippen LogP contribution in [-0.2, 0) is 16.4 Å². The highest BCUT2D eigenvalue weighted by molar-refractivity contribution is 7.92. The second kappa shape index (κ2) is 7.63. The minimum absolute atomic E-state index is 0.168. The van der Waals surface area contributed by atoms with Gasteiger partial charge in [-0.25, -0.2) is 8.42 Å². The number of fused-ring (bicyclic) bond motifs is 1. The largest absolute Gasteiger partial charge is 0.405 e. The van der Waals surface area contributed by atoms with Gasteiger partial charge in [-0.05, 0) is 54.8 Å². The van der Waals surface area contributed by atoms with E-state index in [1.54, 1.807) is 23.5 Å². The van der Waals surface area contributed by atoms with E-state index in [0.29, 0.717) is 23.6 Å². The molecule has 2 aromatic carbocycles. The number of sulfonamides is 1. The maximum atomic E-state index is 13.1. The van der Waals surface area contributed by atoms with Gasteiger partial charge in [0.2, 0.25) is 0 Å². The fourth-order valence-electron chi connectivity index (χ4n) is 2.99. The Balaban J connectivity index is 1.91. The van der Waals surface area contributed by atoms with Crippen LogP contribution in [0.15, 0.2) is 47.4 Å². The minimum Gasteiger partial charge on any atom is -0.343 e. The van der Waals surface area contributed by atoms with Crippen LogP contribution >= 0.6 is 11.6 Å². The maximum absolute atomic E-state index is 13.1. The van der Waals surface area contributed by atoms with Crippen LogP contribution in [0.2, 0.25) is 5.02 Å². The Morgan fingerprint density at radius 2 is 1.93 bits per heavy atom. The van der Waals surface area contributed by atoms with E-state index in [-0.39, 0.29) is 17.0 Å². The molecule has 5 nitrogen and oxygen atoms in total. The van der Waals surface area contributed by atoms with Crippen molar-refractivity contribution < 1.29 is 26.4 Å². The van der Waals surface area contributed by atoms with E-state index in [1.165, 1.54) is 22.5 Å². The molecule has 0 spiro atoms. The van der Waals surface area contributed by atoms with Gasteiger partial charge in [-0.1, -0.05) is 17.7 Å². The Bertz CT molecular complexity index is 1010. The smallest absolute Gasteiger partial charge is 0.343 e. The number of carbonyl (C=O) groups is 1. The molecule has 1 aliphatic rings. The van der Waals surface area contributed by atoms with Gasteiger partial charge in [0.1, 0.15) is 6.54 Å². The van der Waals surface area contributed by atoms with Crippen molar-refractivity contribution in [2.75, 3.05) is 17.4 Å². The summed E-state index contributed by atoms with van der Waals surface area (Å²) in [6, 6.07) is 9.88. The second-order valence-electron chi connectivity index (χ2n) is 6.28. The van der Waals surface area contributed by atoms with E-state index in [9.17, 15) is 26.4 Å². The van der Waals surface area contributed by atoms with Gasteiger partial charge in [0.15, 0.2) is 0 Å². The van der Waals surface area contributed by atoms with Crippen molar-refractivity contribution in [2.45, 2.75) is 23.9 Å². The number of anilines is 1. The summed E-state index contributed by atoms with van der Waals surface area (Å²) in [5.41, 5.74) is 1.13. The fraction of sp³-hybridized carbons (Fsp3) is 0.278. The summed E-state index contributed by atoms with van der Waals surface area (Å²) >= 11 is 5.98. The molecule has 0 fully saturated rings. The van der Waals surface area contributed by atoms with Crippen molar-refractivity contribution in [3.63, 3.8) is 0 Å². The number of nitrogens with one attached hydrogen (secondary N) is 1. The van der Waals surface area contributed by atoms with Crippen molar-refractivity contribution in [3.05, 3.63) is 58.6 Å². The molecule has 2 aromatic rings. The number of hydrogen-bond acceptors (Lipinski definition) is 3. The summed E-state index contributed by atoms with van der Waals surface area (Å²) in [6.45, 7) is -1.25. The summed E-state index contributed by atoms with van der Waals surface area (Å²) in [5.74, 6) is -1.000. The molecule has 28 heavy (non-hydrogen) atoms. The van der Waals surface area contributed by atoms with E-state index in [4.69, 9.17) is 11.6 Å². The molecule has 0 bridgehead atoms. The molecule has 0 aromatic heterocycles. The molecule has 1 amide bonds. The summed E-state index contributed by atoms with van der Waals surface area (Å²) < 4.78 is 64.3. The predicted molar refractivity (Wildman–Crippen MR) is 99.1 cm³/mol. The van der Waals surface area contributed by atoms with Crippen LogP contribution in [0, 0.1) is 0 Å². The zero-order valence-electron chi connectivity index (χ0n) is 14.5. The van der Waals surface area contributed by atoms with E-state index >= 15 is 0 Å². The molecule has 1 N–H and O–H groups in total. The molecule has 150 valence electrons. The first-order chi connectivity index (χ1) is 13.1. The van der Waals surface area contributed by atoms with Gasteiger partial charge in [-0.2, -0.15) is 13.2 Å². The van der Waals surface area contributed by atoms with E-state index in [0.717, 1.165) is 11.6 Å². The van der Waals surface area contributed by atoms with Crippen LogP contribution in [0.5, 0.6) is 0 Å². The monoisotopic (exact) mass is 432 g/mol. The van der Waals surface area contributed by atoms with Crippen molar-refractivity contribution in [2.24, 2.45) is 0 Å². The molecule has 0 radical (unpaired) electrons. The lowest BCUT2D eigenvalue weighted by atomic mass is 10.0. The van der Waals surface area contributed by atoms with Crippen LogP contribution in [0.25, 0.3) is 0 Å². The highest BCUT2D eigenvalue weighted by atomic mass is 35.5. The van der Waals surface area contributed by atoms with Crippen LogP contribution < -0.4 is 9.62 Å². The molecule has 3 rings (SSSR count). The van der Waals surface area contributed by atoms with Crippen molar-refractivity contribution in [1.29, 1.82) is 0 Å². The van der Waals surface area contributed by atoms with Crippen molar-refractivity contribution >= 4 is 33.2 Å². The van der Waals surface area contributed by atoms with Crippen molar-refractivity contribution in [1.82, 2.24) is 5.32 Å². The Hall–Kier alpha value is -2.26. The van der Waals surface area contributed by atoms with Gasteiger partial charge >= 0.3 is 6.18 Å². The van der Waals surface area contributed by atoms with Crippen LogP contribution in [0.1, 0.15) is 22.3 Å². The number of alkyl halides is 3. The summed E-state index contributed by atoms with van der Waals surface area (Å²) in [6.07, 6.45) is -3.28. The number of rotatable bonds is 4. The molecule has 0 unspecified atom stereocenters. The average Bonchev–Trinajstić information content (AvgIpc) is 2.64. The average molecular weight is 433 g/mol. The van der Waals surface area contributed by atoms with Gasteiger partial charge in [-0.15, -0.1) is 0 Å². The van der Waals surface area contributed by atoms with E-state index < -0.39 is 28.7 Å². The Kier molecular flexibility index (Phi) is 5.58. The summed E-state index contributed by atoms with van der Waals surface area (Å²) in [4.78, 5) is 11.8. The lowest BCUT2D eigenvalue weighted by Gasteiger charge is -2.30. The van der Waals surface area contributed by atoms with Gasteiger partial charge in [-0.3, -0.25) is 9.10 Å². The molecule has 0 saturated heterocycles. The first-order valence-corrected chi connectivity index (χ1v) is 10.2. The lowest BCUT2D eigenvalue weighted by molar-refractivity contribution is -0.123. The SMILES string of the molecule is O=C(NCC(F)(F)F)c1cccc(S(=O)(=O)N2CCCc3cc(Cl)ccc32)c1. The molecule has 0 saturated carbocycles. The summed E-state index contributed by atoms with van der Waals surface area (Å²) in [7, 11) is -4.00. The Morgan fingerprint density at radius 1 is 1.18 bits per heavy atom. The lowest BCUT2D eigenvalue weighted by Crippen LogP contribution is -2.36. The molecule has 1 aliphatic heterocycles. The van der Waals surface area contributed by atoms with Crippen LogP contribution in [-0.4, -0.2) is 33.6 Å². The molecular formula is C18H16ClF3N2O3S. The zero-order valence-corrected chi connectivity index (χ0v) is 16.0. The minimum atomic E-state index is -4.56. The standard InChI is InChI=1S/C18H16ClF3N2O3S/c19-14-6-7-16-12(9-14)4-2-8-24(16)28(26,27)15-5-1-3-13(10-15)17(25)23-11-18(20,21)22/h1,3,5-7,9-10H,2,4,8,11H2,(H,23,25). The third-order valence-electron chi connectivity index (χ3n) is 4.25. The van der Waals surface area contributed by atoms with Crippen LogP contribution in [0.4, 0.5) is 18.9 Å². The second-order valence-corrected chi connectivity index (χ2v) is 8.58. The number of carbonyl (C=O) groups excluding carboxylic acids is 1. The number of nitrogens with zero attached hydrogens (tertiary/aromatic N) is 1. The molecule has 0 aliphatic carbocycles. The van der Waals surface area contributed by atoms with Crippen molar-refractivity contribution in [3.8, 4) is 0 Å². The number of halogens is 4. The maximum Gasteiger partial charge on any atom is 0.405 e. The number of aryl methyl sites for hydroxylation is 1. The number of amides is 1. The zero-order chi connectivity index (χ0) is 20.5. The summed E-state index contributed by atoms with van der Waals surface area (Å²) in [5, 5.41) is 2.23. The van der Waals surface area contributed by atoms with Gasteiger partial charge < -0.3 is 5.32 Å². The molecule has 10 heteroatoms. The Labute approximate surface area is 165 Å². The first kappa shape index (κ1) is 20.5. The quantitative estimate of drug-likeness (QED) is 0.799. The van der Waals surface area contributed by atoms with Gasteiger partial charge in [0.05, 0.1) is 10.6 Å². The number of hydrogen-bond donors (Lipinski definition) is 1. The van der Waals surface area contributed by atoms with E-state index in [2.05, 4.69) is 0 Å². The molecular weight excluding hydrogens is 417 g/mol. The van der Waals surface area contributed by atoms with Crippen LogP contribution in [0.3, 0.4) is 0 Å². The normalized spacial score (nSPS) is 14.5. The number of benzene rings is 2. The van der Waals surface area contributed by atoms with Gasteiger partial charge in [0, 0.05) is 17.1 Å². The highest BCUT2D eigenvalue weighted by Gasteiger charge is 2.31. The molecule has 1 heterocycles. The Morgan fingerprint density at radius 3 is 2.64 bits per heavy atom.